The van der Waals surface area contributed by atoms with Gasteiger partial charge in [-0.05, 0) is 17.2 Å². The van der Waals surface area contributed by atoms with Crippen LogP contribution in [-0.2, 0) is 11.2 Å². The molecule has 3 nitrogen and oxygen atoms in total. The smallest absolute Gasteiger partial charge is 0.379 e. The fourth-order valence-corrected chi connectivity index (χ4v) is 1.61. The van der Waals surface area contributed by atoms with Gasteiger partial charge in [-0.3, -0.25) is 4.79 Å². The van der Waals surface area contributed by atoms with E-state index in [2.05, 4.69) is 5.32 Å². The molecule has 1 aromatic rings. The average Bonchev–Trinajstić information content (AvgIpc) is 2.54. The summed E-state index contributed by atoms with van der Waals surface area (Å²) in [5.74, 6) is -0.256. The molecule has 1 aliphatic rings. The van der Waals surface area contributed by atoms with Crippen LogP contribution >= 0.6 is 0 Å². The van der Waals surface area contributed by atoms with Gasteiger partial charge < -0.3 is 10.4 Å². The summed E-state index contributed by atoms with van der Waals surface area (Å²) in [6.07, 6.45) is -7.15. The maximum Gasteiger partial charge on any atom is 0.418 e. The highest BCUT2D eigenvalue weighted by Gasteiger charge is 2.39. The van der Waals surface area contributed by atoms with Crippen LogP contribution in [-0.4, -0.2) is 17.2 Å². The molecule has 1 amide bonds. The number of carbonyl (C=O) groups excluding carboxylic acids is 1. The second-order valence-corrected chi connectivity index (χ2v) is 3.59. The van der Waals surface area contributed by atoms with Crippen molar-refractivity contribution in [2.45, 2.75) is 18.7 Å². The molecule has 0 radical (unpaired) electrons. The molecule has 0 saturated heterocycles. The Hall–Kier alpha value is -1.56. The lowest BCUT2D eigenvalue weighted by Gasteiger charge is -2.15. The van der Waals surface area contributed by atoms with E-state index >= 15 is 0 Å². The number of fused-ring (bicyclic) bond motifs is 1. The number of halogens is 3. The third-order valence-electron chi connectivity index (χ3n) is 2.38. The van der Waals surface area contributed by atoms with Crippen molar-refractivity contribution in [2.75, 3.05) is 5.32 Å². The minimum absolute atomic E-state index is 0.0494. The van der Waals surface area contributed by atoms with Gasteiger partial charge in [-0.25, -0.2) is 0 Å². The van der Waals surface area contributed by atoms with Gasteiger partial charge in [0.1, 0.15) is 0 Å². The molecule has 16 heavy (non-hydrogen) atoms. The standard InChI is InChI=1S/C10H8F3NO2/c11-10(12,13)9(16)5-1-2-7-6(3-5)4-8(15)14-7/h1-3,9,16H,4H2,(H,14,15). The topological polar surface area (TPSA) is 49.3 Å². The Bertz CT molecular complexity index is 442. The number of anilines is 1. The van der Waals surface area contributed by atoms with E-state index in [1.165, 1.54) is 12.1 Å². The highest BCUT2D eigenvalue weighted by Crippen LogP contribution is 2.34. The number of rotatable bonds is 1. The second-order valence-electron chi connectivity index (χ2n) is 3.59. The quantitative estimate of drug-likeness (QED) is 0.773. The summed E-state index contributed by atoms with van der Waals surface area (Å²) in [5, 5.41) is 11.5. The Morgan fingerprint density at radius 2 is 2.06 bits per heavy atom. The summed E-state index contributed by atoms with van der Waals surface area (Å²) < 4.78 is 36.7. The summed E-state index contributed by atoms with van der Waals surface area (Å²) in [6, 6.07) is 3.72. The van der Waals surface area contributed by atoms with Crippen LogP contribution in [0.25, 0.3) is 0 Å². The number of aliphatic hydroxyl groups is 1. The Morgan fingerprint density at radius 3 is 2.69 bits per heavy atom. The first-order valence-electron chi connectivity index (χ1n) is 4.55. The molecular formula is C10H8F3NO2. The number of alkyl halides is 3. The summed E-state index contributed by atoms with van der Waals surface area (Å²) in [4.78, 5) is 11.0. The van der Waals surface area contributed by atoms with E-state index in [-0.39, 0.29) is 17.9 Å². The van der Waals surface area contributed by atoms with E-state index in [4.69, 9.17) is 5.11 Å². The zero-order valence-corrected chi connectivity index (χ0v) is 8.01. The zero-order valence-electron chi connectivity index (χ0n) is 8.01. The number of nitrogens with one attached hydrogen (secondary N) is 1. The van der Waals surface area contributed by atoms with Crippen LogP contribution in [0.2, 0.25) is 0 Å². The van der Waals surface area contributed by atoms with Gasteiger partial charge in [0.2, 0.25) is 5.91 Å². The maximum atomic E-state index is 12.2. The van der Waals surface area contributed by atoms with Gasteiger partial charge in [0.25, 0.3) is 0 Å². The first-order valence-corrected chi connectivity index (χ1v) is 4.55. The third-order valence-corrected chi connectivity index (χ3v) is 2.38. The van der Waals surface area contributed by atoms with Crippen molar-refractivity contribution in [2.24, 2.45) is 0 Å². The Kier molecular flexibility index (Phi) is 2.38. The van der Waals surface area contributed by atoms with Gasteiger partial charge >= 0.3 is 6.18 Å². The number of carbonyl (C=O) groups is 1. The molecule has 0 fully saturated rings. The van der Waals surface area contributed by atoms with E-state index in [1.54, 1.807) is 0 Å². The van der Waals surface area contributed by atoms with Crippen molar-refractivity contribution >= 4 is 11.6 Å². The SMILES string of the molecule is O=C1Cc2cc(C(O)C(F)(F)F)ccc2N1. The van der Waals surface area contributed by atoms with Crippen LogP contribution in [0.1, 0.15) is 17.2 Å². The van der Waals surface area contributed by atoms with Crippen LogP contribution in [0, 0.1) is 0 Å². The van der Waals surface area contributed by atoms with Crippen LogP contribution in [0.4, 0.5) is 18.9 Å². The first-order chi connectivity index (χ1) is 7.38. The maximum absolute atomic E-state index is 12.2. The molecule has 1 unspecified atom stereocenters. The van der Waals surface area contributed by atoms with Crippen molar-refractivity contribution in [1.82, 2.24) is 0 Å². The molecule has 2 N–H and O–H groups in total. The van der Waals surface area contributed by atoms with E-state index in [9.17, 15) is 18.0 Å². The van der Waals surface area contributed by atoms with Gasteiger partial charge in [0.15, 0.2) is 6.10 Å². The van der Waals surface area contributed by atoms with E-state index in [0.717, 1.165) is 6.07 Å². The predicted molar refractivity (Wildman–Crippen MR) is 49.8 cm³/mol. The van der Waals surface area contributed by atoms with Gasteiger partial charge in [-0.15, -0.1) is 0 Å². The van der Waals surface area contributed by atoms with Crippen molar-refractivity contribution in [1.29, 1.82) is 0 Å². The van der Waals surface area contributed by atoms with Crippen LogP contribution in [0.5, 0.6) is 0 Å². The number of amides is 1. The molecule has 0 spiro atoms. The monoisotopic (exact) mass is 231 g/mol. The highest BCUT2D eigenvalue weighted by molar-refractivity contribution is 5.99. The number of benzene rings is 1. The molecule has 1 atom stereocenters. The molecule has 1 heterocycles. The first kappa shape index (κ1) is 10.9. The lowest BCUT2D eigenvalue weighted by molar-refractivity contribution is -0.206. The fourth-order valence-electron chi connectivity index (χ4n) is 1.61. The molecule has 0 saturated carbocycles. The van der Waals surface area contributed by atoms with Crippen LogP contribution < -0.4 is 5.32 Å². The molecule has 1 aliphatic heterocycles. The largest absolute Gasteiger partial charge is 0.418 e. The van der Waals surface area contributed by atoms with Crippen molar-refractivity contribution in [3.8, 4) is 0 Å². The lowest BCUT2D eigenvalue weighted by Crippen LogP contribution is -2.20. The Labute approximate surface area is 88.9 Å². The lowest BCUT2D eigenvalue weighted by atomic mass is 10.0. The number of hydrogen-bond acceptors (Lipinski definition) is 2. The Balaban J connectivity index is 2.33. The van der Waals surface area contributed by atoms with Crippen molar-refractivity contribution in [3.63, 3.8) is 0 Å². The number of hydrogen-bond donors (Lipinski definition) is 2. The summed E-state index contributed by atoms with van der Waals surface area (Å²) >= 11 is 0. The minimum Gasteiger partial charge on any atom is -0.379 e. The normalized spacial score (nSPS) is 16.9. The molecule has 1 aromatic carbocycles. The van der Waals surface area contributed by atoms with Gasteiger partial charge in [0, 0.05) is 5.69 Å². The van der Waals surface area contributed by atoms with Gasteiger partial charge in [-0.1, -0.05) is 12.1 Å². The molecule has 6 heteroatoms. The van der Waals surface area contributed by atoms with Gasteiger partial charge in [0.05, 0.1) is 6.42 Å². The molecule has 0 bridgehead atoms. The average molecular weight is 231 g/mol. The molecule has 0 aliphatic carbocycles. The number of aliphatic hydroxyl groups excluding tert-OH is 1. The summed E-state index contributed by atoms with van der Waals surface area (Å²) in [7, 11) is 0. The highest BCUT2D eigenvalue weighted by atomic mass is 19.4. The molecule has 86 valence electrons. The summed E-state index contributed by atoms with van der Waals surface area (Å²) in [5.41, 5.74) is 0.733. The fraction of sp³-hybridized carbons (Fsp3) is 0.300. The van der Waals surface area contributed by atoms with Gasteiger partial charge in [-0.2, -0.15) is 13.2 Å². The zero-order chi connectivity index (χ0) is 11.9. The minimum atomic E-state index is -4.69. The van der Waals surface area contributed by atoms with Crippen molar-refractivity contribution in [3.05, 3.63) is 29.3 Å². The second kappa shape index (κ2) is 3.48. The summed E-state index contributed by atoms with van der Waals surface area (Å²) in [6.45, 7) is 0. The van der Waals surface area contributed by atoms with E-state index in [1.807, 2.05) is 0 Å². The van der Waals surface area contributed by atoms with E-state index < -0.39 is 12.3 Å². The van der Waals surface area contributed by atoms with Crippen molar-refractivity contribution < 1.29 is 23.1 Å². The van der Waals surface area contributed by atoms with Crippen LogP contribution in [0.3, 0.4) is 0 Å². The predicted octanol–water partition coefficient (Wildman–Crippen LogP) is 1.78. The molecular weight excluding hydrogens is 223 g/mol. The van der Waals surface area contributed by atoms with Crippen LogP contribution in [0.15, 0.2) is 18.2 Å². The Morgan fingerprint density at radius 1 is 1.38 bits per heavy atom. The third kappa shape index (κ3) is 1.88. The van der Waals surface area contributed by atoms with E-state index in [0.29, 0.717) is 11.3 Å². The molecule has 0 aromatic heterocycles. The molecule has 2 rings (SSSR count).